The molecule has 1 saturated heterocycles. The van der Waals surface area contributed by atoms with Gasteiger partial charge in [-0.2, -0.15) is 0 Å². The van der Waals surface area contributed by atoms with Crippen LogP contribution in [0.2, 0.25) is 0 Å². The highest BCUT2D eigenvalue weighted by molar-refractivity contribution is 6.05. The molecule has 2 heterocycles. The average Bonchev–Trinajstić information content (AvgIpc) is 3.04. The number of nitrogens with zero attached hydrogens (tertiary/aromatic N) is 3. The molecule has 2 amide bonds. The highest BCUT2D eigenvalue weighted by atomic mass is 16.5. The van der Waals surface area contributed by atoms with Gasteiger partial charge in [-0.15, -0.1) is 0 Å². The minimum Gasteiger partial charge on any atom is -0.395 e. The number of morpholine rings is 1. The number of anilines is 1. The number of nitrogens with one attached hydrogen (secondary N) is 1. The maximum absolute atomic E-state index is 13.1. The summed E-state index contributed by atoms with van der Waals surface area (Å²) in [5, 5.41) is 12.6. The van der Waals surface area contributed by atoms with Crippen molar-refractivity contribution in [2.24, 2.45) is 7.05 Å². The number of amides is 2. The summed E-state index contributed by atoms with van der Waals surface area (Å²) in [5.74, 6) is -0.274. The Hall–Kier alpha value is -4.60. The lowest BCUT2D eigenvalue weighted by Gasteiger charge is -2.26. The molecular weight excluding hydrogens is 556 g/mol. The molecule has 0 spiro atoms. The van der Waals surface area contributed by atoms with Gasteiger partial charge in [0.1, 0.15) is 5.69 Å². The van der Waals surface area contributed by atoms with E-state index >= 15 is 0 Å². The number of aryl methyl sites for hydroxylation is 1. The molecule has 0 radical (unpaired) electrons. The summed E-state index contributed by atoms with van der Waals surface area (Å²) >= 11 is 0. The molecule has 2 N–H and O–H groups in total. The van der Waals surface area contributed by atoms with Gasteiger partial charge >= 0.3 is 0 Å². The van der Waals surface area contributed by atoms with E-state index in [1.807, 2.05) is 63.2 Å². The van der Waals surface area contributed by atoms with Crippen LogP contribution in [0.15, 0.2) is 77.7 Å². The molecule has 4 aromatic rings. The zero-order chi connectivity index (χ0) is 31.4. The van der Waals surface area contributed by atoms with Gasteiger partial charge in [0.05, 0.1) is 25.5 Å². The fraction of sp³-hybridized carbons (Fsp3) is 0.314. The monoisotopic (exact) mass is 594 g/mol. The molecule has 5 rings (SSSR count). The predicted octanol–water partition coefficient (Wildman–Crippen LogP) is 4.34. The molecule has 1 fully saturated rings. The molecular formula is C35H38N4O5. The van der Waals surface area contributed by atoms with Gasteiger partial charge in [0.25, 0.3) is 17.4 Å². The van der Waals surface area contributed by atoms with Crippen molar-refractivity contribution in [2.45, 2.75) is 32.6 Å². The van der Waals surface area contributed by atoms with Gasteiger partial charge in [-0.05, 0) is 53.9 Å². The van der Waals surface area contributed by atoms with Gasteiger partial charge in [-0.1, -0.05) is 50.2 Å². The van der Waals surface area contributed by atoms with Gasteiger partial charge in [0.2, 0.25) is 0 Å². The molecule has 0 aliphatic carbocycles. The molecule has 3 aromatic carbocycles. The Morgan fingerprint density at radius 1 is 0.977 bits per heavy atom. The molecule has 9 heteroatoms. The summed E-state index contributed by atoms with van der Waals surface area (Å²) < 4.78 is 6.86. The van der Waals surface area contributed by atoms with E-state index in [4.69, 9.17) is 9.72 Å². The number of aromatic nitrogens is 2. The molecule has 0 atom stereocenters. The number of aliphatic hydroxyl groups is 1. The van der Waals surface area contributed by atoms with Crippen LogP contribution in [0.1, 0.15) is 56.9 Å². The average molecular weight is 595 g/mol. The van der Waals surface area contributed by atoms with Crippen molar-refractivity contribution in [1.29, 1.82) is 0 Å². The highest BCUT2D eigenvalue weighted by Crippen LogP contribution is 2.28. The first-order valence-corrected chi connectivity index (χ1v) is 14.7. The smallest absolute Gasteiger partial charge is 0.272 e. The number of hydrogen-bond donors (Lipinski definition) is 2. The summed E-state index contributed by atoms with van der Waals surface area (Å²) in [4.78, 5) is 45.5. The van der Waals surface area contributed by atoms with Crippen LogP contribution in [0.25, 0.3) is 11.3 Å². The second kappa shape index (κ2) is 13.0. The number of carbonyl (C=O) groups excluding carboxylic acids is 2. The lowest BCUT2D eigenvalue weighted by atomic mass is 9.85. The molecule has 0 unspecified atom stereocenters. The van der Waals surface area contributed by atoms with E-state index in [9.17, 15) is 19.5 Å². The van der Waals surface area contributed by atoms with E-state index in [1.165, 1.54) is 4.57 Å². The quantitative estimate of drug-likeness (QED) is 0.314. The fourth-order valence-corrected chi connectivity index (χ4v) is 5.23. The van der Waals surface area contributed by atoms with Crippen molar-refractivity contribution in [3.05, 3.63) is 117 Å². The van der Waals surface area contributed by atoms with Crippen molar-refractivity contribution < 1.29 is 19.4 Å². The second-order valence-corrected chi connectivity index (χ2v) is 11.8. The molecule has 44 heavy (non-hydrogen) atoms. The minimum atomic E-state index is -0.396. The molecule has 0 bridgehead atoms. The largest absolute Gasteiger partial charge is 0.395 e. The molecule has 1 aliphatic heterocycles. The third-order valence-electron chi connectivity index (χ3n) is 8.19. The highest BCUT2D eigenvalue weighted by Gasteiger charge is 2.21. The third-order valence-corrected chi connectivity index (χ3v) is 8.19. The van der Waals surface area contributed by atoms with Crippen molar-refractivity contribution >= 4 is 17.5 Å². The first-order valence-electron chi connectivity index (χ1n) is 14.7. The standard InChI is InChI=1S/C35H38N4O5/c1-23-28(6-5-7-29(23)37-32(41)25-12-14-27(15-13-25)35(2,3)22-40)31-21-38(4)34(43)30(36-31)20-24-8-10-26(11-9-24)33(42)39-16-18-44-19-17-39/h5-15,21,40H,16-20,22H2,1-4H3,(H,37,41). The number of ether oxygens (including phenoxy) is 1. The van der Waals surface area contributed by atoms with Crippen LogP contribution in [0.3, 0.4) is 0 Å². The van der Waals surface area contributed by atoms with Crippen LogP contribution in [0.4, 0.5) is 5.69 Å². The predicted molar refractivity (Wildman–Crippen MR) is 170 cm³/mol. The Morgan fingerprint density at radius 2 is 1.64 bits per heavy atom. The normalized spacial score (nSPS) is 13.5. The Kier molecular flexibility index (Phi) is 9.08. The van der Waals surface area contributed by atoms with E-state index in [1.54, 1.807) is 42.4 Å². The van der Waals surface area contributed by atoms with E-state index in [0.717, 1.165) is 22.3 Å². The molecule has 1 aliphatic rings. The first kappa shape index (κ1) is 30.8. The van der Waals surface area contributed by atoms with Crippen molar-refractivity contribution in [3.8, 4) is 11.3 Å². The van der Waals surface area contributed by atoms with Crippen molar-refractivity contribution in [2.75, 3.05) is 38.2 Å². The summed E-state index contributed by atoms with van der Waals surface area (Å²) in [7, 11) is 1.70. The molecule has 228 valence electrons. The molecule has 1 aromatic heterocycles. The van der Waals surface area contributed by atoms with E-state index in [-0.39, 0.29) is 24.0 Å². The number of rotatable bonds is 8. The van der Waals surface area contributed by atoms with Crippen LogP contribution < -0.4 is 10.9 Å². The third kappa shape index (κ3) is 6.64. The zero-order valence-corrected chi connectivity index (χ0v) is 25.6. The maximum Gasteiger partial charge on any atom is 0.272 e. The number of hydrogen-bond acceptors (Lipinski definition) is 6. The van der Waals surface area contributed by atoms with Crippen molar-refractivity contribution in [1.82, 2.24) is 14.5 Å². The summed E-state index contributed by atoms with van der Waals surface area (Å²) in [6.45, 7) is 8.05. The van der Waals surface area contributed by atoms with Crippen LogP contribution in [-0.4, -0.2) is 64.3 Å². The summed E-state index contributed by atoms with van der Waals surface area (Å²) in [5.41, 5.74) is 5.60. The Labute approximate surface area is 257 Å². The summed E-state index contributed by atoms with van der Waals surface area (Å²) in [6.07, 6.45) is 2.01. The van der Waals surface area contributed by atoms with E-state index in [2.05, 4.69) is 5.32 Å². The number of carbonyl (C=O) groups is 2. The Morgan fingerprint density at radius 3 is 2.30 bits per heavy atom. The van der Waals surface area contributed by atoms with Gasteiger partial charge in [-0.25, -0.2) is 4.98 Å². The first-order chi connectivity index (χ1) is 21.1. The summed E-state index contributed by atoms with van der Waals surface area (Å²) in [6, 6.07) is 20.1. The molecule has 0 saturated carbocycles. The number of benzene rings is 3. The maximum atomic E-state index is 13.1. The van der Waals surface area contributed by atoms with Gasteiger partial charge in [0, 0.05) is 60.5 Å². The van der Waals surface area contributed by atoms with Gasteiger partial charge < -0.3 is 24.6 Å². The van der Waals surface area contributed by atoms with Crippen molar-refractivity contribution in [3.63, 3.8) is 0 Å². The molecule has 9 nitrogen and oxygen atoms in total. The van der Waals surface area contributed by atoms with E-state index < -0.39 is 5.41 Å². The van der Waals surface area contributed by atoms with Gasteiger partial charge in [0.15, 0.2) is 0 Å². The van der Waals surface area contributed by atoms with Crippen LogP contribution in [-0.2, 0) is 23.6 Å². The lowest BCUT2D eigenvalue weighted by molar-refractivity contribution is 0.0303. The zero-order valence-electron chi connectivity index (χ0n) is 25.6. The second-order valence-electron chi connectivity index (χ2n) is 11.8. The lowest BCUT2D eigenvalue weighted by Crippen LogP contribution is -2.40. The van der Waals surface area contributed by atoms with Gasteiger partial charge in [-0.3, -0.25) is 14.4 Å². The minimum absolute atomic E-state index is 0.00794. The Balaban J connectivity index is 1.35. The SMILES string of the molecule is Cc1c(NC(=O)c2ccc(C(C)(C)CO)cc2)cccc1-c1cn(C)c(=O)c(Cc2ccc(C(=O)N3CCOCC3)cc2)n1. The van der Waals surface area contributed by atoms with Crippen LogP contribution >= 0.6 is 0 Å². The topological polar surface area (TPSA) is 114 Å². The number of aliphatic hydroxyl groups excluding tert-OH is 1. The van der Waals surface area contributed by atoms with Crippen LogP contribution in [0, 0.1) is 6.92 Å². The van der Waals surface area contributed by atoms with E-state index in [0.29, 0.717) is 60.9 Å². The fourth-order valence-electron chi connectivity index (χ4n) is 5.23. The van der Waals surface area contributed by atoms with Crippen LogP contribution in [0.5, 0.6) is 0 Å². The Bertz CT molecular complexity index is 1720.